The molecule has 0 spiro atoms. The summed E-state index contributed by atoms with van der Waals surface area (Å²) in [5.41, 5.74) is 2.62. The highest BCUT2D eigenvalue weighted by Gasteiger charge is 2.34. The van der Waals surface area contributed by atoms with Crippen LogP contribution < -0.4 is 10.2 Å². The predicted octanol–water partition coefficient (Wildman–Crippen LogP) is 2.70. The van der Waals surface area contributed by atoms with Gasteiger partial charge in [-0.15, -0.1) is 0 Å². The van der Waals surface area contributed by atoms with Gasteiger partial charge in [0, 0.05) is 51.0 Å². The topological polar surface area (TPSA) is 38.8 Å². The van der Waals surface area contributed by atoms with E-state index in [1.54, 1.807) is 0 Å². The Balaban J connectivity index is 1.24. The highest BCUT2D eigenvalue weighted by molar-refractivity contribution is 5.74. The number of urea groups is 1. The van der Waals surface area contributed by atoms with Gasteiger partial charge in [0.05, 0.1) is 0 Å². The lowest BCUT2D eigenvalue weighted by atomic mass is 10.1. The highest BCUT2D eigenvalue weighted by atomic mass is 16.2. The van der Waals surface area contributed by atoms with Crippen molar-refractivity contribution < 1.29 is 4.79 Å². The van der Waals surface area contributed by atoms with E-state index < -0.39 is 0 Å². The Hall–Kier alpha value is -1.75. The molecule has 2 aliphatic heterocycles. The molecule has 1 aromatic carbocycles. The van der Waals surface area contributed by atoms with Crippen LogP contribution in [0.15, 0.2) is 24.3 Å². The molecule has 1 aliphatic carbocycles. The third-order valence-corrected chi connectivity index (χ3v) is 6.16. The fourth-order valence-electron chi connectivity index (χ4n) is 4.42. The molecule has 0 aromatic heterocycles. The first-order valence-corrected chi connectivity index (χ1v) is 10.3. The monoisotopic (exact) mass is 356 g/mol. The number of hydrogen-bond donors (Lipinski definition) is 1. The summed E-state index contributed by atoms with van der Waals surface area (Å²) >= 11 is 0. The molecule has 5 heteroatoms. The summed E-state index contributed by atoms with van der Waals surface area (Å²) in [6.45, 7) is 8.99. The number of rotatable bonds is 4. The molecule has 26 heavy (non-hydrogen) atoms. The van der Waals surface area contributed by atoms with E-state index in [4.69, 9.17) is 0 Å². The Labute approximate surface area is 157 Å². The molecule has 2 heterocycles. The van der Waals surface area contributed by atoms with Gasteiger partial charge in [-0.1, -0.05) is 18.2 Å². The summed E-state index contributed by atoms with van der Waals surface area (Å²) in [5, 5.41) is 3.21. The minimum atomic E-state index is 0.126. The van der Waals surface area contributed by atoms with E-state index in [2.05, 4.69) is 46.3 Å². The number of benzene rings is 1. The first-order chi connectivity index (χ1) is 12.7. The van der Waals surface area contributed by atoms with Crippen molar-refractivity contribution >= 4 is 11.7 Å². The van der Waals surface area contributed by atoms with Crippen LogP contribution in [0, 0.1) is 12.8 Å². The molecule has 0 unspecified atom stereocenters. The Bertz CT molecular complexity index is 630. The standard InChI is InChI=1S/C21H32N4O/c1-17-5-2-3-6-20(17)23-10-4-11-24(14-13-23)21(26)22-15-18-9-12-25(16-18)19-7-8-19/h2-3,5-6,18-19H,4,7-16H2,1H3,(H,22,26)/t18-/m1/s1. The zero-order chi connectivity index (χ0) is 17.9. The lowest BCUT2D eigenvalue weighted by Gasteiger charge is -2.25. The second kappa shape index (κ2) is 7.87. The maximum absolute atomic E-state index is 12.6. The molecule has 1 aromatic rings. The number of aryl methyl sites for hydroxylation is 1. The molecule has 3 fully saturated rings. The molecule has 2 saturated heterocycles. The van der Waals surface area contributed by atoms with Crippen molar-refractivity contribution in [1.82, 2.24) is 15.1 Å². The molecule has 4 rings (SSSR count). The Morgan fingerprint density at radius 2 is 1.92 bits per heavy atom. The van der Waals surface area contributed by atoms with Gasteiger partial charge >= 0.3 is 6.03 Å². The number of carbonyl (C=O) groups excluding carboxylic acids is 1. The van der Waals surface area contributed by atoms with Crippen LogP contribution >= 0.6 is 0 Å². The molecule has 1 saturated carbocycles. The lowest BCUT2D eigenvalue weighted by molar-refractivity contribution is 0.199. The van der Waals surface area contributed by atoms with Crippen LogP contribution in [0.2, 0.25) is 0 Å². The van der Waals surface area contributed by atoms with Crippen LogP contribution in [0.25, 0.3) is 0 Å². The predicted molar refractivity (Wildman–Crippen MR) is 106 cm³/mol. The number of para-hydroxylation sites is 1. The molecule has 5 nitrogen and oxygen atoms in total. The second-order valence-electron chi connectivity index (χ2n) is 8.18. The van der Waals surface area contributed by atoms with E-state index in [1.165, 1.54) is 43.6 Å². The van der Waals surface area contributed by atoms with Crippen molar-refractivity contribution in [2.45, 2.75) is 38.6 Å². The normalized spacial score (nSPS) is 24.6. The largest absolute Gasteiger partial charge is 0.369 e. The first-order valence-electron chi connectivity index (χ1n) is 10.3. The van der Waals surface area contributed by atoms with Crippen molar-refractivity contribution in [3.05, 3.63) is 29.8 Å². The molecule has 1 atom stereocenters. The Morgan fingerprint density at radius 3 is 2.73 bits per heavy atom. The Kier molecular flexibility index (Phi) is 5.34. The van der Waals surface area contributed by atoms with Gasteiger partial charge in [-0.3, -0.25) is 0 Å². The van der Waals surface area contributed by atoms with Crippen LogP contribution in [0.1, 0.15) is 31.2 Å². The minimum absolute atomic E-state index is 0.126. The molecule has 142 valence electrons. The van der Waals surface area contributed by atoms with Crippen molar-refractivity contribution in [2.75, 3.05) is 50.7 Å². The zero-order valence-electron chi connectivity index (χ0n) is 16.0. The second-order valence-corrected chi connectivity index (χ2v) is 8.18. The van der Waals surface area contributed by atoms with E-state index in [9.17, 15) is 4.79 Å². The van der Waals surface area contributed by atoms with Crippen molar-refractivity contribution in [1.29, 1.82) is 0 Å². The maximum atomic E-state index is 12.6. The number of amides is 2. The van der Waals surface area contributed by atoms with Gasteiger partial charge in [0.2, 0.25) is 0 Å². The van der Waals surface area contributed by atoms with Gasteiger partial charge in [0.15, 0.2) is 0 Å². The summed E-state index contributed by atoms with van der Waals surface area (Å²) in [6, 6.07) is 9.53. The maximum Gasteiger partial charge on any atom is 0.317 e. The molecular formula is C21H32N4O. The Morgan fingerprint density at radius 1 is 1.08 bits per heavy atom. The zero-order valence-corrected chi connectivity index (χ0v) is 16.0. The van der Waals surface area contributed by atoms with Gasteiger partial charge in [0.1, 0.15) is 0 Å². The van der Waals surface area contributed by atoms with Crippen LogP contribution in [0.4, 0.5) is 10.5 Å². The number of likely N-dealkylation sites (tertiary alicyclic amines) is 1. The smallest absolute Gasteiger partial charge is 0.317 e. The summed E-state index contributed by atoms with van der Waals surface area (Å²) in [5.74, 6) is 0.634. The quantitative estimate of drug-likeness (QED) is 0.902. The van der Waals surface area contributed by atoms with Gasteiger partial charge in [-0.2, -0.15) is 0 Å². The third-order valence-electron chi connectivity index (χ3n) is 6.16. The van der Waals surface area contributed by atoms with E-state index in [0.717, 1.165) is 45.2 Å². The molecule has 0 bridgehead atoms. The minimum Gasteiger partial charge on any atom is -0.369 e. The van der Waals surface area contributed by atoms with Crippen molar-refractivity contribution in [3.8, 4) is 0 Å². The third kappa shape index (κ3) is 4.14. The molecule has 0 radical (unpaired) electrons. The van der Waals surface area contributed by atoms with Crippen LogP contribution in [0.5, 0.6) is 0 Å². The lowest BCUT2D eigenvalue weighted by Crippen LogP contribution is -2.44. The fourth-order valence-corrected chi connectivity index (χ4v) is 4.42. The van der Waals surface area contributed by atoms with Gasteiger partial charge in [0.25, 0.3) is 0 Å². The van der Waals surface area contributed by atoms with E-state index in [0.29, 0.717) is 5.92 Å². The number of nitrogens with zero attached hydrogens (tertiary/aromatic N) is 3. The van der Waals surface area contributed by atoms with Crippen molar-refractivity contribution in [2.24, 2.45) is 5.92 Å². The molecule has 3 aliphatic rings. The highest BCUT2D eigenvalue weighted by Crippen LogP contribution is 2.31. The summed E-state index contributed by atoms with van der Waals surface area (Å²) in [4.78, 5) is 19.7. The van der Waals surface area contributed by atoms with Gasteiger partial charge in [-0.05, 0) is 56.7 Å². The summed E-state index contributed by atoms with van der Waals surface area (Å²) in [7, 11) is 0. The molecule has 2 amide bonds. The van der Waals surface area contributed by atoms with Crippen molar-refractivity contribution in [3.63, 3.8) is 0 Å². The molecular weight excluding hydrogens is 324 g/mol. The van der Waals surface area contributed by atoms with E-state index >= 15 is 0 Å². The molecule has 1 N–H and O–H groups in total. The number of hydrogen-bond acceptors (Lipinski definition) is 3. The average Bonchev–Trinajstić information content (AvgIpc) is 3.43. The van der Waals surface area contributed by atoms with E-state index in [1.807, 2.05) is 4.90 Å². The number of carbonyl (C=O) groups is 1. The van der Waals surface area contributed by atoms with E-state index in [-0.39, 0.29) is 6.03 Å². The fraction of sp³-hybridized carbons (Fsp3) is 0.667. The summed E-state index contributed by atoms with van der Waals surface area (Å²) in [6.07, 6.45) is 5.02. The number of anilines is 1. The average molecular weight is 357 g/mol. The van der Waals surface area contributed by atoms with Crippen LogP contribution in [0.3, 0.4) is 0 Å². The number of nitrogens with one attached hydrogen (secondary N) is 1. The van der Waals surface area contributed by atoms with Gasteiger partial charge < -0.3 is 20.0 Å². The SMILES string of the molecule is Cc1ccccc1N1CCCN(C(=O)NC[C@H]2CCN(C3CC3)C2)CC1. The van der Waals surface area contributed by atoms with Crippen LogP contribution in [-0.4, -0.2) is 67.7 Å². The first kappa shape index (κ1) is 17.7. The van der Waals surface area contributed by atoms with Crippen LogP contribution in [-0.2, 0) is 0 Å². The van der Waals surface area contributed by atoms with Gasteiger partial charge in [-0.25, -0.2) is 4.79 Å². The summed E-state index contributed by atoms with van der Waals surface area (Å²) < 4.78 is 0.